The number of piperidine rings is 3. The molecule has 3 fully saturated rings. The number of hydrogen-bond donors (Lipinski definition) is 1. The molecule has 1 N–H and O–H groups in total. The highest BCUT2D eigenvalue weighted by Gasteiger charge is 2.35. The third kappa shape index (κ3) is 3.30. The fourth-order valence-corrected chi connectivity index (χ4v) is 4.31. The minimum atomic E-state index is 0.00537. The maximum absolute atomic E-state index is 12.5. The lowest BCUT2D eigenvalue weighted by molar-refractivity contribution is 0.0622. The van der Waals surface area contributed by atoms with E-state index in [0.717, 1.165) is 12.2 Å². The number of fused-ring (bicyclic) bond motifs is 3. The Morgan fingerprint density at radius 3 is 2.83 bits per heavy atom. The highest BCUT2D eigenvalue weighted by atomic mass is 32.1. The van der Waals surface area contributed by atoms with E-state index in [1.807, 2.05) is 37.3 Å². The van der Waals surface area contributed by atoms with Crippen molar-refractivity contribution in [1.29, 1.82) is 0 Å². The number of hydrogen-bond acceptors (Lipinski definition) is 5. The predicted octanol–water partition coefficient (Wildman–Crippen LogP) is 3.07. The lowest BCUT2D eigenvalue weighted by Crippen LogP contribution is -2.57. The van der Waals surface area contributed by atoms with E-state index in [1.165, 1.54) is 37.3 Å². The zero-order valence-corrected chi connectivity index (χ0v) is 14.5. The van der Waals surface area contributed by atoms with Gasteiger partial charge in [0.15, 0.2) is 5.06 Å². The first-order chi connectivity index (χ1) is 11.7. The van der Waals surface area contributed by atoms with Gasteiger partial charge in [0.25, 0.3) is 5.91 Å². The SMILES string of the molecule is Cc1cccc(Oc2ccc(C(=O)N[C@H]3CN4CCC3CC4)s2)n1. The summed E-state index contributed by atoms with van der Waals surface area (Å²) in [6, 6.07) is 9.59. The Kier molecular flexibility index (Phi) is 4.24. The van der Waals surface area contributed by atoms with Crippen LogP contribution >= 0.6 is 11.3 Å². The Hall–Kier alpha value is -1.92. The maximum atomic E-state index is 12.5. The zero-order chi connectivity index (χ0) is 16.5. The molecule has 5 rings (SSSR count). The standard InChI is InChI=1S/C18H21N3O2S/c1-12-3-2-4-16(19-12)23-17-6-5-15(24-17)18(22)20-14-11-21-9-7-13(14)8-10-21/h2-6,13-14H,7-11H2,1H3,(H,20,22)/t14-/m0/s1. The summed E-state index contributed by atoms with van der Waals surface area (Å²) >= 11 is 1.36. The van der Waals surface area contributed by atoms with Gasteiger partial charge in [-0.2, -0.15) is 0 Å². The quantitative estimate of drug-likeness (QED) is 0.927. The van der Waals surface area contributed by atoms with E-state index in [-0.39, 0.29) is 11.9 Å². The first kappa shape index (κ1) is 15.6. The number of carbonyl (C=O) groups excluding carboxylic acids is 1. The molecule has 3 aliphatic rings. The third-order valence-electron chi connectivity index (χ3n) is 4.85. The first-order valence-corrected chi connectivity index (χ1v) is 9.23. The molecule has 0 aliphatic carbocycles. The molecule has 2 aromatic rings. The Morgan fingerprint density at radius 2 is 2.12 bits per heavy atom. The van der Waals surface area contributed by atoms with Gasteiger partial charge in [-0.1, -0.05) is 17.4 Å². The average molecular weight is 343 g/mol. The number of nitrogens with one attached hydrogen (secondary N) is 1. The Labute approximate surface area is 145 Å². The van der Waals surface area contributed by atoms with Crippen molar-refractivity contribution in [2.45, 2.75) is 25.8 Å². The van der Waals surface area contributed by atoms with Crippen LogP contribution in [0.4, 0.5) is 0 Å². The summed E-state index contributed by atoms with van der Waals surface area (Å²) in [5, 5.41) is 3.90. The van der Waals surface area contributed by atoms with Crippen molar-refractivity contribution in [1.82, 2.24) is 15.2 Å². The Bertz CT molecular complexity index is 737. The summed E-state index contributed by atoms with van der Waals surface area (Å²) < 4.78 is 5.75. The Morgan fingerprint density at radius 1 is 1.29 bits per heavy atom. The smallest absolute Gasteiger partial charge is 0.261 e. The molecule has 1 amide bonds. The van der Waals surface area contributed by atoms with Crippen LogP contribution in [0.3, 0.4) is 0 Å². The highest BCUT2D eigenvalue weighted by Crippen LogP contribution is 2.30. The zero-order valence-electron chi connectivity index (χ0n) is 13.7. The van der Waals surface area contributed by atoms with Crippen molar-refractivity contribution in [2.75, 3.05) is 19.6 Å². The van der Waals surface area contributed by atoms with Gasteiger partial charge in [0, 0.05) is 24.3 Å². The summed E-state index contributed by atoms with van der Waals surface area (Å²) in [6.07, 6.45) is 2.39. The third-order valence-corrected chi connectivity index (χ3v) is 5.81. The summed E-state index contributed by atoms with van der Waals surface area (Å²) in [7, 11) is 0. The minimum Gasteiger partial charge on any atom is -0.428 e. The predicted molar refractivity (Wildman–Crippen MR) is 93.8 cm³/mol. The van der Waals surface area contributed by atoms with Gasteiger partial charge in [-0.05, 0) is 57.0 Å². The molecule has 5 nitrogen and oxygen atoms in total. The van der Waals surface area contributed by atoms with Crippen LogP contribution in [0.2, 0.25) is 0 Å². The normalized spacial score (nSPS) is 25.5. The van der Waals surface area contributed by atoms with Gasteiger partial charge in [-0.3, -0.25) is 4.79 Å². The summed E-state index contributed by atoms with van der Waals surface area (Å²) in [5.74, 6) is 1.19. The molecule has 0 spiro atoms. The second-order valence-electron chi connectivity index (χ2n) is 6.56. The molecule has 6 heteroatoms. The topological polar surface area (TPSA) is 54.5 Å². The number of rotatable bonds is 4. The van der Waals surface area contributed by atoms with Crippen molar-refractivity contribution >= 4 is 17.2 Å². The molecule has 3 aliphatic heterocycles. The van der Waals surface area contributed by atoms with Crippen LogP contribution in [0.15, 0.2) is 30.3 Å². The monoisotopic (exact) mass is 343 g/mol. The lowest BCUT2D eigenvalue weighted by Gasteiger charge is -2.44. The molecule has 24 heavy (non-hydrogen) atoms. The molecular formula is C18H21N3O2S. The van der Waals surface area contributed by atoms with Gasteiger partial charge in [-0.25, -0.2) is 4.98 Å². The van der Waals surface area contributed by atoms with E-state index in [0.29, 0.717) is 21.7 Å². The second-order valence-corrected chi connectivity index (χ2v) is 7.60. The largest absolute Gasteiger partial charge is 0.428 e. The van der Waals surface area contributed by atoms with E-state index in [2.05, 4.69) is 15.2 Å². The highest BCUT2D eigenvalue weighted by molar-refractivity contribution is 7.15. The number of ether oxygens (including phenoxy) is 1. The summed E-state index contributed by atoms with van der Waals surface area (Å²) in [6.45, 7) is 5.27. The number of aromatic nitrogens is 1. The number of thiophene rings is 1. The van der Waals surface area contributed by atoms with E-state index < -0.39 is 0 Å². The van der Waals surface area contributed by atoms with E-state index in [9.17, 15) is 4.79 Å². The molecule has 2 aromatic heterocycles. The molecule has 0 unspecified atom stereocenters. The van der Waals surface area contributed by atoms with Crippen LogP contribution < -0.4 is 10.1 Å². The summed E-state index contributed by atoms with van der Waals surface area (Å²) in [5.41, 5.74) is 0.907. The molecule has 0 saturated carbocycles. The van der Waals surface area contributed by atoms with Gasteiger partial charge in [-0.15, -0.1) is 0 Å². The van der Waals surface area contributed by atoms with Crippen LogP contribution in [0.25, 0.3) is 0 Å². The maximum Gasteiger partial charge on any atom is 0.261 e. The number of amides is 1. The molecule has 0 radical (unpaired) electrons. The average Bonchev–Trinajstić information content (AvgIpc) is 3.05. The Balaban J connectivity index is 1.40. The summed E-state index contributed by atoms with van der Waals surface area (Å²) in [4.78, 5) is 20.0. The van der Waals surface area contributed by atoms with Crippen molar-refractivity contribution < 1.29 is 9.53 Å². The van der Waals surface area contributed by atoms with Crippen LogP contribution in [0, 0.1) is 12.8 Å². The van der Waals surface area contributed by atoms with Crippen LogP contribution in [-0.2, 0) is 0 Å². The minimum absolute atomic E-state index is 0.00537. The van der Waals surface area contributed by atoms with Gasteiger partial charge in [0.2, 0.25) is 5.88 Å². The van der Waals surface area contributed by atoms with Gasteiger partial charge < -0.3 is 15.0 Å². The fraction of sp³-hybridized carbons (Fsp3) is 0.444. The molecule has 2 bridgehead atoms. The van der Waals surface area contributed by atoms with Gasteiger partial charge in [0.05, 0.1) is 4.88 Å². The fourth-order valence-electron chi connectivity index (χ4n) is 3.54. The first-order valence-electron chi connectivity index (χ1n) is 8.42. The van der Waals surface area contributed by atoms with Crippen LogP contribution in [-0.4, -0.2) is 41.5 Å². The molecule has 5 heterocycles. The molecular weight excluding hydrogens is 322 g/mol. The van der Waals surface area contributed by atoms with E-state index in [4.69, 9.17) is 4.74 Å². The van der Waals surface area contributed by atoms with Crippen LogP contribution in [0.1, 0.15) is 28.2 Å². The number of pyridine rings is 1. The van der Waals surface area contributed by atoms with Crippen LogP contribution in [0.5, 0.6) is 10.9 Å². The number of carbonyl (C=O) groups is 1. The molecule has 1 atom stereocenters. The molecule has 3 saturated heterocycles. The van der Waals surface area contributed by atoms with Gasteiger partial charge in [0.1, 0.15) is 0 Å². The number of nitrogens with zero attached hydrogens (tertiary/aromatic N) is 2. The van der Waals surface area contributed by atoms with Crippen molar-refractivity contribution in [3.63, 3.8) is 0 Å². The van der Waals surface area contributed by atoms with E-state index >= 15 is 0 Å². The number of aryl methyl sites for hydroxylation is 1. The van der Waals surface area contributed by atoms with Gasteiger partial charge >= 0.3 is 0 Å². The molecule has 126 valence electrons. The lowest BCUT2D eigenvalue weighted by atomic mass is 9.84. The van der Waals surface area contributed by atoms with E-state index in [1.54, 1.807) is 0 Å². The van der Waals surface area contributed by atoms with Crippen molar-refractivity contribution in [3.05, 3.63) is 40.9 Å². The van der Waals surface area contributed by atoms with Crippen molar-refractivity contribution in [2.24, 2.45) is 5.92 Å². The van der Waals surface area contributed by atoms with Crippen molar-refractivity contribution in [3.8, 4) is 10.9 Å². The second kappa shape index (κ2) is 6.53. The molecule has 0 aromatic carbocycles.